The molecule has 27 heavy (non-hydrogen) atoms. The van der Waals surface area contributed by atoms with E-state index in [1.165, 1.54) is 19.2 Å². The fourth-order valence-electron chi connectivity index (χ4n) is 4.09. The highest BCUT2D eigenvalue weighted by molar-refractivity contribution is 6.00. The molecular formula is C21H20FNO4. The maximum atomic E-state index is 13.3. The Hall–Kier alpha value is -2.73. The topological polar surface area (TPSA) is 55.8 Å². The number of benzene rings is 2. The number of carbonyl (C=O) groups is 2. The van der Waals surface area contributed by atoms with Crippen molar-refractivity contribution in [1.82, 2.24) is 4.90 Å². The molecule has 4 atom stereocenters. The Morgan fingerprint density at radius 2 is 1.81 bits per heavy atom. The highest BCUT2D eigenvalue weighted by Crippen LogP contribution is 2.44. The first-order valence-electron chi connectivity index (χ1n) is 8.92. The van der Waals surface area contributed by atoms with Gasteiger partial charge in [-0.15, -0.1) is 0 Å². The zero-order valence-corrected chi connectivity index (χ0v) is 14.9. The van der Waals surface area contributed by atoms with Crippen LogP contribution in [0.2, 0.25) is 0 Å². The van der Waals surface area contributed by atoms with Gasteiger partial charge in [0.05, 0.1) is 19.8 Å². The molecule has 2 aromatic rings. The molecule has 0 spiro atoms. The molecule has 0 N–H and O–H groups in total. The SMILES string of the molecule is COC(=O)[C@@H]1C(=O)N2[C@H](C[C@@H]1c1ccc(F)cc1)OC[C@H]2c1ccccc1. The van der Waals surface area contributed by atoms with E-state index in [0.717, 1.165) is 11.1 Å². The van der Waals surface area contributed by atoms with Crippen molar-refractivity contribution >= 4 is 11.9 Å². The first-order chi connectivity index (χ1) is 13.1. The van der Waals surface area contributed by atoms with E-state index < -0.39 is 24.0 Å². The van der Waals surface area contributed by atoms with Gasteiger partial charge in [0.15, 0.2) is 0 Å². The summed E-state index contributed by atoms with van der Waals surface area (Å²) in [6.07, 6.45) is 0.0409. The lowest BCUT2D eigenvalue weighted by atomic mass is 9.78. The van der Waals surface area contributed by atoms with Gasteiger partial charge in [0, 0.05) is 12.3 Å². The van der Waals surface area contributed by atoms with Gasteiger partial charge < -0.3 is 14.4 Å². The van der Waals surface area contributed by atoms with Crippen molar-refractivity contribution in [2.45, 2.75) is 24.6 Å². The first-order valence-corrected chi connectivity index (χ1v) is 8.92. The van der Waals surface area contributed by atoms with E-state index in [1.807, 2.05) is 30.3 Å². The first kappa shape index (κ1) is 17.7. The van der Waals surface area contributed by atoms with Crippen molar-refractivity contribution in [2.24, 2.45) is 5.92 Å². The predicted molar refractivity (Wildman–Crippen MR) is 95.0 cm³/mol. The van der Waals surface area contributed by atoms with Crippen molar-refractivity contribution in [3.05, 3.63) is 71.5 Å². The van der Waals surface area contributed by atoms with Gasteiger partial charge in [0.1, 0.15) is 18.0 Å². The van der Waals surface area contributed by atoms with E-state index in [0.29, 0.717) is 13.0 Å². The third-order valence-corrected chi connectivity index (χ3v) is 5.41. The normalized spacial score (nSPS) is 27.3. The standard InChI is InChI=1S/C21H20FNO4/c1-26-21(25)19-16(13-7-9-15(22)10-8-13)11-18-23(20(19)24)17(12-27-18)14-5-3-2-4-6-14/h2-10,16-19H,11-12H2,1H3/t16-,17+,18+,19+/m1/s1. The van der Waals surface area contributed by atoms with Crippen molar-refractivity contribution in [3.8, 4) is 0 Å². The molecule has 0 unspecified atom stereocenters. The van der Waals surface area contributed by atoms with Crippen LogP contribution in [0.5, 0.6) is 0 Å². The fraction of sp³-hybridized carbons (Fsp3) is 0.333. The van der Waals surface area contributed by atoms with Gasteiger partial charge in [-0.25, -0.2) is 4.39 Å². The Bertz CT molecular complexity index is 839. The average molecular weight is 369 g/mol. The van der Waals surface area contributed by atoms with E-state index >= 15 is 0 Å². The van der Waals surface area contributed by atoms with Crippen LogP contribution in [-0.4, -0.2) is 36.7 Å². The van der Waals surface area contributed by atoms with Gasteiger partial charge in [-0.1, -0.05) is 42.5 Å². The summed E-state index contributed by atoms with van der Waals surface area (Å²) in [4.78, 5) is 27.5. The smallest absolute Gasteiger partial charge is 0.318 e. The molecule has 0 saturated carbocycles. The average Bonchev–Trinajstić information content (AvgIpc) is 3.13. The molecule has 2 saturated heterocycles. The molecule has 0 aliphatic carbocycles. The lowest BCUT2D eigenvalue weighted by molar-refractivity contribution is -0.163. The van der Waals surface area contributed by atoms with Crippen molar-refractivity contribution in [3.63, 3.8) is 0 Å². The van der Waals surface area contributed by atoms with E-state index in [9.17, 15) is 14.0 Å². The Morgan fingerprint density at radius 3 is 2.48 bits per heavy atom. The van der Waals surface area contributed by atoms with Crippen molar-refractivity contribution < 1.29 is 23.5 Å². The third kappa shape index (κ3) is 3.10. The number of hydrogen-bond acceptors (Lipinski definition) is 4. The van der Waals surface area contributed by atoms with Crippen molar-refractivity contribution in [1.29, 1.82) is 0 Å². The largest absolute Gasteiger partial charge is 0.468 e. The van der Waals surface area contributed by atoms with Crippen LogP contribution < -0.4 is 0 Å². The van der Waals surface area contributed by atoms with Crippen LogP contribution in [0, 0.1) is 11.7 Å². The third-order valence-electron chi connectivity index (χ3n) is 5.41. The van der Waals surface area contributed by atoms with Gasteiger partial charge in [-0.2, -0.15) is 0 Å². The number of halogens is 1. The number of esters is 1. The molecule has 0 bridgehead atoms. The molecule has 4 rings (SSSR count). The molecule has 2 aromatic carbocycles. The molecule has 2 aliphatic rings. The van der Waals surface area contributed by atoms with Gasteiger partial charge in [-0.3, -0.25) is 9.59 Å². The lowest BCUT2D eigenvalue weighted by Crippen LogP contribution is -2.51. The number of carbonyl (C=O) groups excluding carboxylic acids is 2. The summed E-state index contributed by atoms with van der Waals surface area (Å²) in [6.45, 7) is 0.379. The zero-order valence-electron chi connectivity index (χ0n) is 14.9. The van der Waals surface area contributed by atoms with E-state index in [2.05, 4.69) is 0 Å². The molecule has 5 nitrogen and oxygen atoms in total. The summed E-state index contributed by atoms with van der Waals surface area (Å²) < 4.78 is 24.1. The van der Waals surface area contributed by atoms with Crippen LogP contribution in [0.3, 0.4) is 0 Å². The van der Waals surface area contributed by atoms with Crippen LogP contribution in [-0.2, 0) is 19.1 Å². The fourth-order valence-corrected chi connectivity index (χ4v) is 4.09. The Balaban J connectivity index is 1.69. The minimum atomic E-state index is -0.968. The Morgan fingerprint density at radius 1 is 1.11 bits per heavy atom. The maximum Gasteiger partial charge on any atom is 0.318 e. The molecule has 2 heterocycles. The molecule has 0 aromatic heterocycles. The Kier molecular flexibility index (Phi) is 4.66. The molecule has 140 valence electrons. The zero-order chi connectivity index (χ0) is 19.0. The molecular weight excluding hydrogens is 349 g/mol. The van der Waals surface area contributed by atoms with Gasteiger partial charge in [0.2, 0.25) is 5.91 Å². The second-order valence-electron chi connectivity index (χ2n) is 6.85. The minimum Gasteiger partial charge on any atom is -0.468 e. The van der Waals surface area contributed by atoms with Gasteiger partial charge in [-0.05, 0) is 23.3 Å². The second-order valence-corrected chi connectivity index (χ2v) is 6.85. The predicted octanol–water partition coefficient (Wildman–Crippen LogP) is 3.03. The van der Waals surface area contributed by atoms with Crippen LogP contribution in [0.1, 0.15) is 29.5 Å². The number of nitrogens with zero attached hydrogens (tertiary/aromatic N) is 1. The van der Waals surface area contributed by atoms with E-state index in [-0.39, 0.29) is 17.8 Å². The molecule has 2 aliphatic heterocycles. The molecule has 2 fully saturated rings. The monoisotopic (exact) mass is 369 g/mol. The summed E-state index contributed by atoms with van der Waals surface area (Å²) >= 11 is 0. The summed E-state index contributed by atoms with van der Waals surface area (Å²) in [5.74, 6) is -2.63. The molecule has 1 amide bonds. The van der Waals surface area contributed by atoms with Crippen LogP contribution in [0.4, 0.5) is 4.39 Å². The minimum absolute atomic E-state index is 0.231. The van der Waals surface area contributed by atoms with E-state index in [4.69, 9.17) is 9.47 Å². The maximum absolute atomic E-state index is 13.3. The summed E-state index contributed by atoms with van der Waals surface area (Å²) in [5, 5.41) is 0. The highest BCUT2D eigenvalue weighted by atomic mass is 19.1. The van der Waals surface area contributed by atoms with Crippen molar-refractivity contribution in [2.75, 3.05) is 13.7 Å². The second kappa shape index (κ2) is 7.12. The molecule has 0 radical (unpaired) electrons. The Labute approximate surface area is 156 Å². The lowest BCUT2D eigenvalue weighted by Gasteiger charge is -2.40. The van der Waals surface area contributed by atoms with Gasteiger partial charge >= 0.3 is 5.97 Å². The van der Waals surface area contributed by atoms with Crippen LogP contribution in [0.25, 0.3) is 0 Å². The highest BCUT2D eigenvalue weighted by Gasteiger charge is 2.52. The summed E-state index contributed by atoms with van der Waals surface area (Å²) in [6, 6.07) is 15.3. The molecule has 6 heteroatoms. The van der Waals surface area contributed by atoms with Crippen LogP contribution >= 0.6 is 0 Å². The quantitative estimate of drug-likeness (QED) is 0.616. The number of piperidine rings is 1. The number of amides is 1. The number of ether oxygens (including phenoxy) is 2. The number of hydrogen-bond donors (Lipinski definition) is 0. The number of rotatable bonds is 3. The van der Waals surface area contributed by atoms with E-state index in [1.54, 1.807) is 17.0 Å². The van der Waals surface area contributed by atoms with Gasteiger partial charge in [0.25, 0.3) is 0 Å². The summed E-state index contributed by atoms with van der Waals surface area (Å²) in [5.41, 5.74) is 1.70. The number of fused-ring (bicyclic) bond motifs is 1. The summed E-state index contributed by atoms with van der Waals surface area (Å²) in [7, 11) is 1.28. The number of methoxy groups -OCH3 is 1. The van der Waals surface area contributed by atoms with Crippen LogP contribution in [0.15, 0.2) is 54.6 Å².